The van der Waals surface area contributed by atoms with Crippen molar-refractivity contribution in [1.29, 1.82) is 0 Å². The molecule has 0 aliphatic carbocycles. The number of ether oxygens (including phenoxy) is 3. The normalized spacial score (nSPS) is 14.6. The molecule has 5 rings (SSSR count). The Labute approximate surface area is 432 Å². The summed E-state index contributed by atoms with van der Waals surface area (Å²) in [6.07, 6.45) is 15.2. The minimum absolute atomic E-state index is 0.0605. The van der Waals surface area contributed by atoms with Crippen LogP contribution < -0.4 is 24.6 Å². The average molecular weight is 993 g/mol. The van der Waals surface area contributed by atoms with Crippen molar-refractivity contribution >= 4 is 36.2 Å². The van der Waals surface area contributed by atoms with Crippen LogP contribution in [0, 0.1) is 29.6 Å². The van der Waals surface area contributed by atoms with E-state index in [1.807, 2.05) is 50.2 Å². The second-order valence-corrected chi connectivity index (χ2v) is 24.9. The van der Waals surface area contributed by atoms with Crippen molar-refractivity contribution in [2.24, 2.45) is 29.6 Å². The molecule has 0 bridgehead atoms. The van der Waals surface area contributed by atoms with Gasteiger partial charge in [0, 0.05) is 24.4 Å². The van der Waals surface area contributed by atoms with Crippen LogP contribution in [0.25, 0.3) is 0 Å². The minimum atomic E-state index is -2.63. The Balaban J connectivity index is 1.24. The smallest absolute Gasteiger partial charge is 0.314 e. The van der Waals surface area contributed by atoms with E-state index in [0.717, 1.165) is 60.3 Å². The van der Waals surface area contributed by atoms with Gasteiger partial charge >= 0.3 is 5.97 Å². The Bertz CT molecular complexity index is 2420. The lowest BCUT2D eigenvalue weighted by Crippen LogP contribution is -2.67. The number of allylic oxidation sites excluding steroid dienone is 4. The summed E-state index contributed by atoms with van der Waals surface area (Å²) in [5.41, 5.74) is 3.00. The van der Waals surface area contributed by atoms with Gasteiger partial charge in [0.05, 0.1) is 21.3 Å². The molecule has 384 valence electrons. The molecule has 0 radical (unpaired) electrons. The summed E-state index contributed by atoms with van der Waals surface area (Å²) in [6, 6.07) is 44.8. The maximum atomic E-state index is 14.5. The minimum Gasteiger partial charge on any atom is -0.497 e. The molecular weight excluding hydrogens is 913 g/mol. The van der Waals surface area contributed by atoms with Gasteiger partial charge < -0.3 is 23.7 Å². The molecule has 0 saturated heterocycles. The number of rotatable bonds is 30. The van der Waals surface area contributed by atoms with Crippen LogP contribution in [0.15, 0.2) is 158 Å². The van der Waals surface area contributed by atoms with Crippen molar-refractivity contribution in [2.45, 2.75) is 117 Å². The number of hydrogen-bond acceptors (Lipinski definition) is 7. The molecule has 1 N–H and O–H groups in total. The van der Waals surface area contributed by atoms with Crippen LogP contribution in [0.1, 0.15) is 103 Å². The lowest BCUT2D eigenvalue weighted by Gasteiger charge is -2.44. The van der Waals surface area contributed by atoms with Crippen LogP contribution in [0.4, 0.5) is 0 Å². The third-order valence-electron chi connectivity index (χ3n) is 14.4. The molecule has 0 aromatic heterocycles. The first-order valence-corrected chi connectivity index (χ1v) is 27.8. The number of benzene rings is 5. The molecule has 0 heterocycles. The Kier molecular flexibility index (Phi) is 22.3. The van der Waals surface area contributed by atoms with Gasteiger partial charge in [0.15, 0.2) is 0 Å². The first-order valence-electron chi connectivity index (χ1n) is 25.9. The third kappa shape index (κ3) is 16.5. The zero-order chi connectivity index (χ0) is 52.1. The van der Waals surface area contributed by atoms with E-state index in [9.17, 15) is 19.5 Å². The Morgan fingerprint density at radius 2 is 1.01 bits per heavy atom. The monoisotopic (exact) mass is 993 g/mol. The zero-order valence-corrected chi connectivity index (χ0v) is 45.4. The standard InChI is InChI=1S/C63H80O8Si/c1-46(61(65)59(62(66)67)44-51-33-40-56(70-9)41-34-51)28-35-53(43-50-31-38-55(69-8)39-32-50)48(3)60(64)45-52(42-49-29-36-54(68-7)37-30-49)23-17-13-11-10-12-16-22-47(2)71-72(63(4,5)6,57-24-18-14-19-25-57)58-26-20-15-21-27-58/h10-15,18-21,24-27,29-34,36-41,46-48,52-53,59H,16-17,22-23,28,35,42-45H2,1-9H3,(H,66,67)/b12-10-,13-11+/t46-,47+,48+,52+,53+,59?/m1/s1. The van der Waals surface area contributed by atoms with Gasteiger partial charge in [-0.25, -0.2) is 0 Å². The van der Waals surface area contributed by atoms with Gasteiger partial charge in [-0.1, -0.05) is 156 Å². The summed E-state index contributed by atoms with van der Waals surface area (Å²) >= 11 is 0. The molecule has 5 aromatic rings. The van der Waals surface area contributed by atoms with Crippen molar-refractivity contribution in [3.05, 3.63) is 174 Å². The lowest BCUT2D eigenvalue weighted by molar-refractivity contribution is -0.147. The number of Topliss-reactive ketones (excluding diaryl/α,β-unsaturated/α-hetero) is 2. The summed E-state index contributed by atoms with van der Waals surface area (Å²) in [6.45, 7) is 13.0. The molecule has 0 fully saturated rings. The maximum absolute atomic E-state index is 14.5. The number of carbonyl (C=O) groups is 3. The molecular formula is C63H80O8Si. The van der Waals surface area contributed by atoms with Crippen LogP contribution in [-0.2, 0) is 38.1 Å². The molecule has 5 aromatic carbocycles. The molecule has 0 aliphatic rings. The Morgan fingerprint density at radius 1 is 0.569 bits per heavy atom. The zero-order valence-electron chi connectivity index (χ0n) is 44.4. The number of carbonyl (C=O) groups excluding carboxylic acids is 2. The number of carboxylic acids is 1. The maximum Gasteiger partial charge on any atom is 0.314 e. The van der Waals surface area contributed by atoms with E-state index in [1.54, 1.807) is 45.6 Å². The van der Waals surface area contributed by atoms with E-state index in [-0.39, 0.29) is 46.9 Å². The highest BCUT2D eigenvalue weighted by Crippen LogP contribution is 2.38. The van der Waals surface area contributed by atoms with E-state index < -0.39 is 26.1 Å². The van der Waals surface area contributed by atoms with Gasteiger partial charge in [0.1, 0.15) is 34.7 Å². The summed E-state index contributed by atoms with van der Waals surface area (Å²) in [4.78, 5) is 40.8. The molecule has 8 nitrogen and oxygen atoms in total. The van der Waals surface area contributed by atoms with Crippen LogP contribution in [0.2, 0.25) is 5.04 Å². The second kappa shape index (κ2) is 28.3. The van der Waals surface area contributed by atoms with Crippen molar-refractivity contribution in [3.63, 3.8) is 0 Å². The van der Waals surface area contributed by atoms with E-state index in [2.05, 4.69) is 125 Å². The Hall–Kier alpha value is -6.03. The molecule has 1 unspecified atom stereocenters. The topological polar surface area (TPSA) is 108 Å². The molecule has 0 aliphatic heterocycles. The highest BCUT2D eigenvalue weighted by Gasteiger charge is 2.51. The van der Waals surface area contributed by atoms with Crippen molar-refractivity contribution < 1.29 is 38.1 Å². The molecule has 0 saturated carbocycles. The van der Waals surface area contributed by atoms with E-state index >= 15 is 0 Å². The fourth-order valence-corrected chi connectivity index (χ4v) is 14.8. The summed E-state index contributed by atoms with van der Waals surface area (Å²) in [5, 5.41) is 12.7. The van der Waals surface area contributed by atoms with Crippen molar-refractivity contribution in [2.75, 3.05) is 21.3 Å². The number of hydrogen-bond donors (Lipinski definition) is 1. The fraction of sp³-hybridized carbons (Fsp3) is 0.413. The van der Waals surface area contributed by atoms with Gasteiger partial charge in [-0.15, -0.1) is 0 Å². The molecule has 0 spiro atoms. The number of ketones is 2. The predicted octanol–water partition coefficient (Wildman–Crippen LogP) is 12.9. The van der Waals surface area contributed by atoms with Crippen LogP contribution in [0.3, 0.4) is 0 Å². The summed E-state index contributed by atoms with van der Waals surface area (Å²) < 4.78 is 23.4. The van der Waals surface area contributed by atoms with E-state index in [1.165, 1.54) is 10.4 Å². The van der Waals surface area contributed by atoms with Gasteiger partial charge in [-0.3, -0.25) is 14.4 Å². The summed E-state index contributed by atoms with van der Waals surface area (Å²) in [7, 11) is 2.25. The Morgan fingerprint density at radius 3 is 1.46 bits per heavy atom. The largest absolute Gasteiger partial charge is 0.497 e. The quantitative estimate of drug-likeness (QED) is 0.0275. The van der Waals surface area contributed by atoms with E-state index in [4.69, 9.17) is 18.6 Å². The van der Waals surface area contributed by atoms with Crippen LogP contribution in [0.5, 0.6) is 17.2 Å². The SMILES string of the molecule is COc1ccc(CC(C(=O)O)C(=O)[C@H](C)CC[C@@H](Cc2ccc(OC)cc2)[C@H](C)C(=O)C[C@@H](CC/C=C/C=C\CC[C@H](C)O[Si](c2ccccc2)(c2ccccc2)C(C)(C)C)Cc2ccc(OC)cc2)cc1. The number of carboxylic acid groups (broad SMARTS) is 1. The van der Waals surface area contributed by atoms with Gasteiger partial charge in [0.2, 0.25) is 0 Å². The van der Waals surface area contributed by atoms with Crippen LogP contribution >= 0.6 is 0 Å². The first kappa shape index (κ1) is 56.9. The number of methoxy groups -OCH3 is 3. The third-order valence-corrected chi connectivity index (χ3v) is 19.6. The van der Waals surface area contributed by atoms with E-state index in [0.29, 0.717) is 31.4 Å². The van der Waals surface area contributed by atoms with Gasteiger partial charge in [-0.05, 0) is 145 Å². The molecule has 6 atom stereocenters. The first-order chi connectivity index (χ1) is 34.6. The fourth-order valence-electron chi connectivity index (χ4n) is 10.0. The predicted molar refractivity (Wildman–Crippen MR) is 295 cm³/mol. The van der Waals surface area contributed by atoms with Crippen molar-refractivity contribution in [3.8, 4) is 17.2 Å². The summed E-state index contributed by atoms with van der Waals surface area (Å²) in [5.74, 6) is -0.908. The van der Waals surface area contributed by atoms with Gasteiger partial charge in [0.25, 0.3) is 8.32 Å². The number of aliphatic carboxylic acids is 1. The van der Waals surface area contributed by atoms with Gasteiger partial charge in [-0.2, -0.15) is 0 Å². The second-order valence-electron chi connectivity index (χ2n) is 20.6. The highest BCUT2D eigenvalue weighted by molar-refractivity contribution is 6.99. The lowest BCUT2D eigenvalue weighted by atomic mass is 9.77. The average Bonchev–Trinajstić information content (AvgIpc) is 3.39. The molecule has 9 heteroatoms. The molecule has 0 amide bonds. The molecule has 72 heavy (non-hydrogen) atoms. The van der Waals surface area contributed by atoms with Crippen molar-refractivity contribution in [1.82, 2.24) is 0 Å². The highest BCUT2D eigenvalue weighted by atomic mass is 28.4. The van der Waals surface area contributed by atoms with Crippen LogP contribution in [-0.4, -0.2) is 58.4 Å².